The Bertz CT molecular complexity index is 528. The molecule has 2 aromatic carbocycles. The maximum Gasteiger partial charge on any atom is 0.0115 e. The number of allylic oxidation sites excluding steroid dienone is 2. The topological polar surface area (TPSA) is 0 Å². The van der Waals surface area contributed by atoms with Crippen LogP contribution in [0, 0.1) is 0 Å². The minimum Gasteiger partial charge on any atom is -0.0773 e. The van der Waals surface area contributed by atoms with Gasteiger partial charge in [0.15, 0.2) is 0 Å². The number of benzene rings is 2. The van der Waals surface area contributed by atoms with Crippen LogP contribution in [0.3, 0.4) is 0 Å². The van der Waals surface area contributed by atoms with Gasteiger partial charge in [0.05, 0.1) is 0 Å². The van der Waals surface area contributed by atoms with Crippen LogP contribution in [0.4, 0.5) is 0 Å². The molecule has 0 amide bonds. The Labute approximate surface area is 129 Å². The van der Waals surface area contributed by atoms with E-state index in [9.17, 15) is 0 Å². The van der Waals surface area contributed by atoms with E-state index < -0.39 is 0 Å². The SMILES string of the molecule is CC.CC1(c2ccccc2)C=CC(C)(c2ccccc2)C1. The first-order valence-corrected chi connectivity index (χ1v) is 7.94. The minimum absolute atomic E-state index is 0.145. The zero-order valence-corrected chi connectivity index (χ0v) is 13.6. The first-order valence-electron chi connectivity index (χ1n) is 7.94. The summed E-state index contributed by atoms with van der Waals surface area (Å²) in [4.78, 5) is 0. The van der Waals surface area contributed by atoms with Crippen LogP contribution in [0.5, 0.6) is 0 Å². The molecule has 2 unspecified atom stereocenters. The van der Waals surface area contributed by atoms with Gasteiger partial charge >= 0.3 is 0 Å². The van der Waals surface area contributed by atoms with E-state index in [-0.39, 0.29) is 10.8 Å². The molecule has 2 atom stereocenters. The lowest BCUT2D eigenvalue weighted by atomic mass is 9.73. The van der Waals surface area contributed by atoms with Gasteiger partial charge in [0.1, 0.15) is 0 Å². The Hall–Kier alpha value is -1.82. The van der Waals surface area contributed by atoms with Gasteiger partial charge in [0.2, 0.25) is 0 Å². The summed E-state index contributed by atoms with van der Waals surface area (Å²) in [6.45, 7) is 8.68. The van der Waals surface area contributed by atoms with Gasteiger partial charge in [-0.25, -0.2) is 0 Å². The largest absolute Gasteiger partial charge is 0.0773 e. The molecular weight excluding hydrogens is 252 g/mol. The zero-order valence-electron chi connectivity index (χ0n) is 13.6. The van der Waals surface area contributed by atoms with Crippen LogP contribution in [0.15, 0.2) is 72.8 Å². The normalized spacial score (nSPS) is 27.0. The van der Waals surface area contributed by atoms with Crippen molar-refractivity contribution >= 4 is 0 Å². The van der Waals surface area contributed by atoms with E-state index in [0.29, 0.717) is 0 Å². The van der Waals surface area contributed by atoms with E-state index in [1.807, 2.05) is 13.8 Å². The van der Waals surface area contributed by atoms with Crippen molar-refractivity contribution in [1.29, 1.82) is 0 Å². The molecule has 0 aliphatic heterocycles. The monoisotopic (exact) mass is 278 g/mol. The molecule has 21 heavy (non-hydrogen) atoms. The van der Waals surface area contributed by atoms with Crippen LogP contribution in [0.2, 0.25) is 0 Å². The summed E-state index contributed by atoms with van der Waals surface area (Å²) in [5.74, 6) is 0. The number of hydrogen-bond donors (Lipinski definition) is 0. The van der Waals surface area contributed by atoms with Crippen LogP contribution >= 0.6 is 0 Å². The minimum atomic E-state index is 0.145. The molecule has 2 aromatic rings. The summed E-state index contributed by atoms with van der Waals surface area (Å²) < 4.78 is 0. The second-order valence-corrected chi connectivity index (χ2v) is 6.08. The Morgan fingerprint density at radius 1 is 0.619 bits per heavy atom. The molecule has 0 fully saturated rings. The molecule has 1 aliphatic carbocycles. The lowest BCUT2D eigenvalue weighted by Crippen LogP contribution is -2.25. The summed E-state index contributed by atoms with van der Waals surface area (Å²) in [5, 5.41) is 0. The van der Waals surface area contributed by atoms with Crippen LogP contribution in [0.1, 0.15) is 45.2 Å². The molecule has 0 heterocycles. The molecule has 0 spiro atoms. The van der Waals surface area contributed by atoms with E-state index >= 15 is 0 Å². The molecule has 0 bridgehead atoms. The maximum absolute atomic E-state index is 2.38. The van der Waals surface area contributed by atoms with Crippen molar-refractivity contribution in [2.75, 3.05) is 0 Å². The molecule has 0 saturated carbocycles. The quantitative estimate of drug-likeness (QED) is 0.601. The predicted molar refractivity (Wildman–Crippen MR) is 92.7 cm³/mol. The Kier molecular flexibility index (Phi) is 4.67. The summed E-state index contributed by atoms with van der Waals surface area (Å²) in [6, 6.07) is 21.6. The molecule has 0 heteroatoms. The van der Waals surface area contributed by atoms with Crippen LogP contribution in [0.25, 0.3) is 0 Å². The maximum atomic E-state index is 2.38. The van der Waals surface area contributed by atoms with E-state index in [1.54, 1.807) is 0 Å². The van der Waals surface area contributed by atoms with Gasteiger partial charge in [-0.3, -0.25) is 0 Å². The van der Waals surface area contributed by atoms with Crippen molar-refractivity contribution in [2.24, 2.45) is 0 Å². The molecule has 0 aromatic heterocycles. The molecule has 0 N–H and O–H groups in total. The summed E-state index contributed by atoms with van der Waals surface area (Å²) in [7, 11) is 0. The molecule has 3 rings (SSSR count). The third-order valence-corrected chi connectivity index (χ3v) is 4.42. The summed E-state index contributed by atoms with van der Waals surface area (Å²) in [6.07, 6.45) is 5.90. The molecule has 0 radical (unpaired) electrons. The smallest absolute Gasteiger partial charge is 0.0115 e. The van der Waals surface area contributed by atoms with Crippen LogP contribution in [-0.2, 0) is 10.8 Å². The molecule has 1 aliphatic rings. The predicted octanol–water partition coefficient (Wildman–Crippen LogP) is 5.89. The molecule has 110 valence electrons. The van der Waals surface area contributed by atoms with Gasteiger partial charge in [-0.2, -0.15) is 0 Å². The average Bonchev–Trinajstić information content (AvgIpc) is 2.89. The van der Waals surface area contributed by atoms with Crippen LogP contribution < -0.4 is 0 Å². The highest BCUT2D eigenvalue weighted by Crippen LogP contribution is 2.46. The summed E-state index contributed by atoms with van der Waals surface area (Å²) >= 11 is 0. The van der Waals surface area contributed by atoms with Crippen molar-refractivity contribution in [3.63, 3.8) is 0 Å². The van der Waals surface area contributed by atoms with Gasteiger partial charge in [-0.05, 0) is 17.5 Å². The standard InChI is InChI=1S/C19H20.C2H6/c1-18(16-9-5-3-6-10-16)13-14-19(2,15-18)17-11-7-4-8-12-17;1-2/h3-14H,15H2,1-2H3;1-2H3. The van der Waals surface area contributed by atoms with E-state index in [1.165, 1.54) is 11.1 Å². The van der Waals surface area contributed by atoms with Crippen LogP contribution in [-0.4, -0.2) is 0 Å². The highest BCUT2D eigenvalue weighted by Gasteiger charge is 2.39. The van der Waals surface area contributed by atoms with Gasteiger partial charge < -0.3 is 0 Å². The number of rotatable bonds is 2. The number of hydrogen-bond acceptors (Lipinski definition) is 0. The van der Waals surface area contributed by atoms with Crippen molar-refractivity contribution in [3.8, 4) is 0 Å². The average molecular weight is 278 g/mol. The zero-order chi connectivity index (χ0) is 15.3. The van der Waals surface area contributed by atoms with Gasteiger partial charge in [0.25, 0.3) is 0 Å². The van der Waals surface area contributed by atoms with Gasteiger partial charge in [-0.15, -0.1) is 0 Å². The van der Waals surface area contributed by atoms with E-state index in [2.05, 4.69) is 86.7 Å². The van der Waals surface area contributed by atoms with Gasteiger partial charge in [-0.1, -0.05) is 101 Å². The highest BCUT2D eigenvalue weighted by atomic mass is 14.4. The fourth-order valence-electron chi connectivity index (χ4n) is 3.28. The fourth-order valence-corrected chi connectivity index (χ4v) is 3.28. The van der Waals surface area contributed by atoms with E-state index in [4.69, 9.17) is 0 Å². The fraction of sp³-hybridized carbons (Fsp3) is 0.333. The third-order valence-electron chi connectivity index (χ3n) is 4.42. The second kappa shape index (κ2) is 6.30. The van der Waals surface area contributed by atoms with Crippen molar-refractivity contribution in [1.82, 2.24) is 0 Å². The van der Waals surface area contributed by atoms with E-state index in [0.717, 1.165) is 6.42 Å². The van der Waals surface area contributed by atoms with Crippen molar-refractivity contribution in [3.05, 3.63) is 83.9 Å². The van der Waals surface area contributed by atoms with Crippen molar-refractivity contribution < 1.29 is 0 Å². The Morgan fingerprint density at radius 3 is 1.29 bits per heavy atom. The lowest BCUT2D eigenvalue weighted by Gasteiger charge is -2.30. The summed E-state index contributed by atoms with van der Waals surface area (Å²) in [5.41, 5.74) is 3.11. The molecule has 0 nitrogen and oxygen atoms in total. The second-order valence-electron chi connectivity index (χ2n) is 6.08. The third kappa shape index (κ3) is 3.10. The Balaban J connectivity index is 0.000000774. The highest BCUT2D eigenvalue weighted by molar-refractivity contribution is 5.42. The molecular formula is C21H26. The first-order chi connectivity index (χ1) is 10.1. The Morgan fingerprint density at radius 2 is 0.952 bits per heavy atom. The van der Waals surface area contributed by atoms with Crippen molar-refractivity contribution in [2.45, 2.75) is 44.9 Å². The van der Waals surface area contributed by atoms with Gasteiger partial charge in [0, 0.05) is 10.8 Å². The molecule has 0 saturated heterocycles. The lowest BCUT2D eigenvalue weighted by molar-refractivity contribution is 0.455. The first kappa shape index (κ1) is 15.6.